The minimum atomic E-state index is 0.389. The van der Waals surface area contributed by atoms with Gasteiger partial charge in [0.15, 0.2) is 0 Å². The van der Waals surface area contributed by atoms with Crippen LogP contribution in [0.3, 0.4) is 0 Å². The number of benzene rings is 3. The molecule has 1 aliphatic carbocycles. The van der Waals surface area contributed by atoms with Crippen LogP contribution in [0.1, 0.15) is 23.1 Å². The predicted molar refractivity (Wildman–Crippen MR) is 99.1 cm³/mol. The first-order chi connectivity index (χ1) is 11.4. The van der Waals surface area contributed by atoms with Crippen LogP contribution in [0.4, 0.5) is 0 Å². The van der Waals surface area contributed by atoms with Crippen molar-refractivity contribution < 1.29 is 0 Å². The Bertz CT molecular complexity index is 832. The van der Waals surface area contributed by atoms with E-state index in [1.807, 2.05) is 0 Å². The molecular formula is C22H18Se. The molecule has 0 atom stereocenters. The second kappa shape index (κ2) is 6.58. The summed E-state index contributed by atoms with van der Waals surface area (Å²) in [5, 5.41) is 0. The van der Waals surface area contributed by atoms with Gasteiger partial charge in [0, 0.05) is 0 Å². The average Bonchev–Trinajstić information content (AvgIpc) is 2.63. The van der Waals surface area contributed by atoms with Crippen LogP contribution in [0.5, 0.6) is 0 Å². The van der Waals surface area contributed by atoms with Crippen LogP contribution >= 0.6 is 0 Å². The molecule has 0 aromatic heterocycles. The SMILES string of the molecule is c1ccc([Se]C2=C(c3ccccc3)c3ccccc3CC2)cc1. The molecule has 0 spiro atoms. The monoisotopic (exact) mass is 362 g/mol. The van der Waals surface area contributed by atoms with E-state index in [-0.39, 0.29) is 0 Å². The minimum absolute atomic E-state index is 0.389. The van der Waals surface area contributed by atoms with Crippen LogP contribution in [-0.4, -0.2) is 15.0 Å². The van der Waals surface area contributed by atoms with Gasteiger partial charge in [-0.15, -0.1) is 0 Å². The molecule has 0 nitrogen and oxygen atoms in total. The van der Waals surface area contributed by atoms with Crippen molar-refractivity contribution in [2.24, 2.45) is 0 Å². The quantitative estimate of drug-likeness (QED) is 0.606. The van der Waals surface area contributed by atoms with Crippen molar-refractivity contribution in [2.45, 2.75) is 12.8 Å². The van der Waals surface area contributed by atoms with E-state index in [1.165, 1.54) is 33.1 Å². The van der Waals surface area contributed by atoms with Gasteiger partial charge in [-0.05, 0) is 0 Å². The van der Waals surface area contributed by atoms with Crippen LogP contribution in [0, 0.1) is 0 Å². The summed E-state index contributed by atoms with van der Waals surface area (Å²) in [6.07, 6.45) is 2.34. The zero-order chi connectivity index (χ0) is 15.5. The first kappa shape index (κ1) is 14.5. The molecule has 4 rings (SSSR count). The summed E-state index contributed by atoms with van der Waals surface area (Å²) in [6.45, 7) is 0. The summed E-state index contributed by atoms with van der Waals surface area (Å²) < 4.78 is 3.08. The molecule has 0 saturated heterocycles. The fourth-order valence-corrected chi connectivity index (χ4v) is 5.49. The molecular weight excluding hydrogens is 343 g/mol. The Labute approximate surface area is 144 Å². The molecule has 0 aliphatic heterocycles. The summed E-state index contributed by atoms with van der Waals surface area (Å²) in [4.78, 5) is 0. The molecule has 23 heavy (non-hydrogen) atoms. The van der Waals surface area contributed by atoms with Gasteiger partial charge in [-0.2, -0.15) is 0 Å². The molecule has 0 heterocycles. The molecule has 0 amide bonds. The second-order valence-electron chi connectivity index (χ2n) is 5.74. The van der Waals surface area contributed by atoms with E-state index in [2.05, 4.69) is 84.9 Å². The number of hydrogen-bond acceptors (Lipinski definition) is 0. The molecule has 0 bridgehead atoms. The van der Waals surface area contributed by atoms with Crippen LogP contribution in [0.15, 0.2) is 89.4 Å². The van der Waals surface area contributed by atoms with Crippen molar-refractivity contribution in [1.82, 2.24) is 0 Å². The average molecular weight is 361 g/mol. The van der Waals surface area contributed by atoms with Gasteiger partial charge in [0.1, 0.15) is 0 Å². The zero-order valence-electron chi connectivity index (χ0n) is 12.9. The van der Waals surface area contributed by atoms with E-state index in [0.29, 0.717) is 15.0 Å². The first-order valence-corrected chi connectivity index (χ1v) is 9.73. The van der Waals surface area contributed by atoms with E-state index in [9.17, 15) is 0 Å². The summed E-state index contributed by atoms with van der Waals surface area (Å²) >= 11 is 0.389. The van der Waals surface area contributed by atoms with Crippen LogP contribution in [-0.2, 0) is 6.42 Å². The number of fused-ring (bicyclic) bond motifs is 1. The Morgan fingerprint density at radius 2 is 1.26 bits per heavy atom. The fourth-order valence-electron chi connectivity index (χ4n) is 3.16. The van der Waals surface area contributed by atoms with Crippen LogP contribution < -0.4 is 4.46 Å². The molecule has 0 radical (unpaired) electrons. The summed E-state index contributed by atoms with van der Waals surface area (Å²) in [7, 11) is 0. The third-order valence-corrected chi connectivity index (χ3v) is 6.67. The number of rotatable bonds is 3. The van der Waals surface area contributed by atoms with E-state index < -0.39 is 0 Å². The Hall–Kier alpha value is -2.08. The van der Waals surface area contributed by atoms with Gasteiger partial charge in [0.05, 0.1) is 0 Å². The first-order valence-electron chi connectivity index (χ1n) is 8.01. The van der Waals surface area contributed by atoms with Crippen molar-refractivity contribution in [2.75, 3.05) is 0 Å². The van der Waals surface area contributed by atoms with Gasteiger partial charge >= 0.3 is 144 Å². The Morgan fingerprint density at radius 1 is 0.609 bits per heavy atom. The molecule has 1 aliphatic rings. The zero-order valence-corrected chi connectivity index (χ0v) is 14.6. The Balaban J connectivity index is 1.86. The number of hydrogen-bond donors (Lipinski definition) is 0. The molecule has 3 aromatic carbocycles. The van der Waals surface area contributed by atoms with Crippen molar-refractivity contribution in [1.29, 1.82) is 0 Å². The number of aryl methyl sites for hydroxylation is 1. The van der Waals surface area contributed by atoms with Crippen molar-refractivity contribution in [3.05, 3.63) is 106 Å². The predicted octanol–water partition coefficient (Wildman–Crippen LogP) is 4.42. The third kappa shape index (κ3) is 3.03. The molecule has 112 valence electrons. The van der Waals surface area contributed by atoms with Crippen molar-refractivity contribution >= 4 is 25.0 Å². The molecule has 0 saturated carbocycles. The second-order valence-corrected chi connectivity index (χ2v) is 8.19. The van der Waals surface area contributed by atoms with Gasteiger partial charge < -0.3 is 0 Å². The van der Waals surface area contributed by atoms with Gasteiger partial charge in [0.2, 0.25) is 0 Å². The van der Waals surface area contributed by atoms with Crippen LogP contribution in [0.25, 0.3) is 5.57 Å². The van der Waals surface area contributed by atoms with Gasteiger partial charge in [-0.1, -0.05) is 0 Å². The Morgan fingerprint density at radius 3 is 2.04 bits per heavy atom. The summed E-state index contributed by atoms with van der Waals surface area (Å²) in [6, 6.07) is 30.7. The van der Waals surface area contributed by atoms with E-state index in [1.54, 1.807) is 4.47 Å². The standard InChI is InChI=1S/C22H18Se/c1-3-10-18(11-4-1)22-20-14-8-7-9-17(20)15-16-21(22)23-19-12-5-2-6-13-19/h1-14H,15-16H2. The van der Waals surface area contributed by atoms with E-state index in [4.69, 9.17) is 0 Å². The maximum absolute atomic E-state index is 2.29. The third-order valence-electron chi connectivity index (χ3n) is 4.23. The molecule has 0 fully saturated rings. The topological polar surface area (TPSA) is 0 Å². The van der Waals surface area contributed by atoms with E-state index in [0.717, 1.165) is 6.42 Å². The van der Waals surface area contributed by atoms with E-state index >= 15 is 0 Å². The normalized spacial score (nSPS) is 13.7. The fraction of sp³-hybridized carbons (Fsp3) is 0.0909. The number of allylic oxidation sites excluding steroid dienone is 1. The molecule has 0 N–H and O–H groups in total. The maximum atomic E-state index is 2.29. The summed E-state index contributed by atoms with van der Waals surface area (Å²) in [5.41, 5.74) is 5.74. The molecule has 3 aromatic rings. The van der Waals surface area contributed by atoms with Gasteiger partial charge in [-0.3, -0.25) is 0 Å². The molecule has 1 heteroatoms. The Kier molecular flexibility index (Phi) is 4.15. The van der Waals surface area contributed by atoms with Crippen LogP contribution in [0.2, 0.25) is 0 Å². The molecule has 0 unspecified atom stereocenters. The van der Waals surface area contributed by atoms with Gasteiger partial charge in [-0.25, -0.2) is 0 Å². The van der Waals surface area contributed by atoms with Crippen molar-refractivity contribution in [3.8, 4) is 0 Å². The summed E-state index contributed by atoms with van der Waals surface area (Å²) in [5.74, 6) is 0. The van der Waals surface area contributed by atoms with Crippen molar-refractivity contribution in [3.63, 3.8) is 0 Å². The van der Waals surface area contributed by atoms with Gasteiger partial charge in [0.25, 0.3) is 0 Å².